The van der Waals surface area contributed by atoms with Gasteiger partial charge in [0.1, 0.15) is 11.9 Å². The second kappa shape index (κ2) is 6.75. The molecule has 0 saturated carbocycles. The summed E-state index contributed by atoms with van der Waals surface area (Å²) < 4.78 is 28.7. The molecular weight excluding hydrogens is 250 g/mol. The first-order valence-corrected chi connectivity index (χ1v) is 8.04. The van der Waals surface area contributed by atoms with Crippen LogP contribution in [0.4, 0.5) is 0 Å². The van der Waals surface area contributed by atoms with Crippen molar-refractivity contribution in [2.75, 3.05) is 19.3 Å². The van der Waals surface area contributed by atoms with Crippen LogP contribution in [-0.2, 0) is 9.84 Å². The molecule has 5 heteroatoms. The van der Waals surface area contributed by atoms with E-state index < -0.39 is 9.84 Å². The van der Waals surface area contributed by atoms with Gasteiger partial charge in [-0.2, -0.15) is 0 Å². The van der Waals surface area contributed by atoms with Crippen molar-refractivity contribution in [2.45, 2.75) is 31.3 Å². The molecule has 1 N–H and O–H groups in total. The summed E-state index contributed by atoms with van der Waals surface area (Å²) >= 11 is 0. The Hall–Kier alpha value is -1.07. The Morgan fingerprint density at radius 3 is 2.61 bits per heavy atom. The molecule has 4 nitrogen and oxygen atoms in total. The summed E-state index contributed by atoms with van der Waals surface area (Å²) in [6.45, 7) is 5.73. The van der Waals surface area contributed by atoms with Gasteiger partial charge < -0.3 is 10.1 Å². The lowest BCUT2D eigenvalue weighted by Crippen LogP contribution is -2.30. The normalized spacial score (nSPS) is 13.3. The van der Waals surface area contributed by atoms with Gasteiger partial charge in [-0.3, -0.25) is 0 Å². The molecule has 0 bridgehead atoms. The second-order valence-corrected chi connectivity index (χ2v) is 6.22. The molecule has 1 aromatic rings. The summed E-state index contributed by atoms with van der Waals surface area (Å²) in [6, 6.07) is 6.63. The van der Waals surface area contributed by atoms with E-state index in [9.17, 15) is 8.42 Å². The predicted octanol–water partition coefficient (Wildman–Crippen LogP) is 1.86. The van der Waals surface area contributed by atoms with E-state index >= 15 is 0 Å². The number of hydrogen-bond acceptors (Lipinski definition) is 4. The van der Waals surface area contributed by atoms with Crippen molar-refractivity contribution in [2.24, 2.45) is 0 Å². The van der Waals surface area contributed by atoms with Crippen molar-refractivity contribution in [1.82, 2.24) is 5.32 Å². The molecule has 0 aliphatic rings. The Labute approximate surface area is 109 Å². The van der Waals surface area contributed by atoms with Gasteiger partial charge in [-0.25, -0.2) is 8.42 Å². The van der Waals surface area contributed by atoms with Gasteiger partial charge in [0, 0.05) is 12.8 Å². The molecule has 1 unspecified atom stereocenters. The molecule has 1 rings (SSSR count). The van der Waals surface area contributed by atoms with Gasteiger partial charge in [0.2, 0.25) is 0 Å². The third-order valence-electron chi connectivity index (χ3n) is 2.61. The van der Waals surface area contributed by atoms with Gasteiger partial charge in [-0.05, 0) is 31.2 Å². The van der Waals surface area contributed by atoms with Crippen LogP contribution in [0.5, 0.6) is 5.75 Å². The zero-order chi connectivity index (χ0) is 13.6. The Balaban J connectivity index is 2.78. The zero-order valence-corrected chi connectivity index (χ0v) is 12.0. The van der Waals surface area contributed by atoms with E-state index in [4.69, 9.17) is 4.74 Å². The van der Waals surface area contributed by atoms with Crippen LogP contribution in [-0.4, -0.2) is 33.9 Å². The van der Waals surface area contributed by atoms with Crippen molar-refractivity contribution in [3.8, 4) is 5.75 Å². The van der Waals surface area contributed by atoms with Gasteiger partial charge in [-0.15, -0.1) is 0 Å². The molecule has 0 saturated heterocycles. The van der Waals surface area contributed by atoms with Gasteiger partial charge in [0.25, 0.3) is 0 Å². The van der Waals surface area contributed by atoms with Crippen molar-refractivity contribution in [3.63, 3.8) is 0 Å². The Morgan fingerprint density at radius 1 is 1.33 bits per heavy atom. The lowest BCUT2D eigenvalue weighted by molar-refractivity contribution is 0.194. The molecular formula is C13H21NO3S. The van der Waals surface area contributed by atoms with Gasteiger partial charge in [0.05, 0.1) is 4.90 Å². The fourth-order valence-electron chi connectivity index (χ4n) is 1.55. The highest BCUT2D eigenvalue weighted by Gasteiger charge is 2.11. The number of likely N-dealkylation sites (N-methyl/N-ethyl adjacent to an activating group) is 1. The Bertz CT molecular complexity index is 471. The third kappa shape index (κ3) is 4.66. The maximum atomic E-state index is 11.4. The van der Waals surface area contributed by atoms with Crippen LogP contribution >= 0.6 is 0 Å². The summed E-state index contributed by atoms with van der Waals surface area (Å²) in [4.78, 5) is 0.290. The lowest BCUT2D eigenvalue weighted by atomic mass is 10.2. The molecule has 1 atom stereocenters. The van der Waals surface area contributed by atoms with Crippen LogP contribution in [0.1, 0.15) is 20.3 Å². The standard InChI is InChI=1S/C13H21NO3S/c1-4-11(10-14-5-2)17-12-7-6-8-13(9-12)18(3,15)16/h6-9,11,14H,4-5,10H2,1-3H3. The molecule has 18 heavy (non-hydrogen) atoms. The minimum absolute atomic E-state index is 0.0553. The number of hydrogen-bond donors (Lipinski definition) is 1. The maximum absolute atomic E-state index is 11.4. The van der Waals surface area contributed by atoms with Crippen molar-refractivity contribution in [3.05, 3.63) is 24.3 Å². The fourth-order valence-corrected chi connectivity index (χ4v) is 2.20. The predicted molar refractivity (Wildman–Crippen MR) is 72.8 cm³/mol. The smallest absolute Gasteiger partial charge is 0.175 e. The van der Waals surface area contributed by atoms with E-state index in [1.54, 1.807) is 24.3 Å². The van der Waals surface area contributed by atoms with E-state index in [0.29, 0.717) is 10.6 Å². The van der Waals surface area contributed by atoms with E-state index in [-0.39, 0.29) is 6.10 Å². The molecule has 0 heterocycles. The maximum Gasteiger partial charge on any atom is 0.175 e. The molecule has 1 aromatic carbocycles. The lowest BCUT2D eigenvalue weighted by Gasteiger charge is -2.18. The Morgan fingerprint density at radius 2 is 2.06 bits per heavy atom. The molecule has 0 spiro atoms. The van der Waals surface area contributed by atoms with Crippen LogP contribution in [0.2, 0.25) is 0 Å². The second-order valence-electron chi connectivity index (χ2n) is 4.20. The van der Waals surface area contributed by atoms with Crippen LogP contribution in [0.25, 0.3) is 0 Å². The average molecular weight is 271 g/mol. The average Bonchev–Trinajstić information content (AvgIpc) is 2.33. The number of ether oxygens (including phenoxy) is 1. The highest BCUT2D eigenvalue weighted by atomic mass is 32.2. The van der Waals surface area contributed by atoms with Crippen LogP contribution in [0.15, 0.2) is 29.2 Å². The van der Waals surface area contributed by atoms with Crippen molar-refractivity contribution in [1.29, 1.82) is 0 Å². The highest BCUT2D eigenvalue weighted by Crippen LogP contribution is 2.19. The summed E-state index contributed by atoms with van der Waals surface area (Å²) in [5, 5.41) is 3.22. The molecule has 0 aromatic heterocycles. The number of benzene rings is 1. The number of nitrogens with one attached hydrogen (secondary N) is 1. The van der Waals surface area contributed by atoms with Crippen molar-refractivity contribution >= 4 is 9.84 Å². The van der Waals surface area contributed by atoms with E-state index in [1.165, 1.54) is 6.26 Å². The summed E-state index contributed by atoms with van der Waals surface area (Å²) in [7, 11) is -3.18. The number of rotatable bonds is 7. The molecule has 0 aliphatic carbocycles. The minimum Gasteiger partial charge on any atom is -0.489 e. The highest BCUT2D eigenvalue weighted by molar-refractivity contribution is 7.90. The fraction of sp³-hybridized carbons (Fsp3) is 0.538. The largest absolute Gasteiger partial charge is 0.489 e. The molecule has 0 fully saturated rings. The molecule has 0 radical (unpaired) electrons. The van der Waals surface area contributed by atoms with E-state index in [1.807, 2.05) is 13.8 Å². The van der Waals surface area contributed by atoms with Crippen LogP contribution < -0.4 is 10.1 Å². The first-order valence-electron chi connectivity index (χ1n) is 6.14. The molecule has 0 aliphatic heterocycles. The third-order valence-corrected chi connectivity index (χ3v) is 3.72. The van der Waals surface area contributed by atoms with Crippen LogP contribution in [0, 0.1) is 0 Å². The van der Waals surface area contributed by atoms with E-state index in [0.717, 1.165) is 19.5 Å². The quantitative estimate of drug-likeness (QED) is 0.822. The van der Waals surface area contributed by atoms with Crippen LogP contribution in [0.3, 0.4) is 0 Å². The Kier molecular flexibility index (Phi) is 5.62. The minimum atomic E-state index is -3.18. The molecule has 0 amide bonds. The van der Waals surface area contributed by atoms with E-state index in [2.05, 4.69) is 5.32 Å². The molecule has 102 valence electrons. The summed E-state index contributed by atoms with van der Waals surface area (Å²) in [5.41, 5.74) is 0. The first kappa shape index (κ1) is 15.0. The number of sulfone groups is 1. The SMILES string of the molecule is CCNCC(CC)Oc1cccc(S(C)(=O)=O)c1. The summed E-state index contributed by atoms with van der Waals surface area (Å²) in [6.07, 6.45) is 2.12. The van der Waals surface area contributed by atoms with Crippen molar-refractivity contribution < 1.29 is 13.2 Å². The zero-order valence-electron chi connectivity index (χ0n) is 11.1. The monoisotopic (exact) mass is 271 g/mol. The first-order chi connectivity index (χ1) is 8.47. The summed E-state index contributed by atoms with van der Waals surface area (Å²) in [5.74, 6) is 0.600. The van der Waals surface area contributed by atoms with Gasteiger partial charge in [-0.1, -0.05) is 19.9 Å². The van der Waals surface area contributed by atoms with Gasteiger partial charge in [0.15, 0.2) is 9.84 Å². The van der Waals surface area contributed by atoms with Gasteiger partial charge >= 0.3 is 0 Å². The topological polar surface area (TPSA) is 55.4 Å².